The summed E-state index contributed by atoms with van der Waals surface area (Å²) in [5, 5.41) is 7.18. The second-order valence-corrected chi connectivity index (χ2v) is 7.97. The van der Waals surface area contributed by atoms with Gasteiger partial charge in [0.1, 0.15) is 12.7 Å². The number of rotatable bonds is 7. The normalized spacial score (nSPS) is 14.6. The summed E-state index contributed by atoms with van der Waals surface area (Å²) < 4.78 is 1.77. The second-order valence-electron chi connectivity index (χ2n) is 7.97. The van der Waals surface area contributed by atoms with Crippen LogP contribution >= 0.6 is 0 Å². The zero-order chi connectivity index (χ0) is 22.2. The van der Waals surface area contributed by atoms with Crippen molar-refractivity contribution >= 4 is 17.9 Å². The van der Waals surface area contributed by atoms with E-state index in [4.69, 9.17) is 0 Å². The van der Waals surface area contributed by atoms with Crippen LogP contribution < -0.4 is 5.32 Å². The number of piperidine rings is 1. The monoisotopic (exact) mass is 429 g/mol. The van der Waals surface area contributed by atoms with Gasteiger partial charge in [-0.05, 0) is 35.6 Å². The van der Waals surface area contributed by atoms with Gasteiger partial charge in [0.15, 0.2) is 0 Å². The van der Waals surface area contributed by atoms with Crippen molar-refractivity contribution < 1.29 is 9.59 Å². The molecule has 4 rings (SSSR count). The van der Waals surface area contributed by atoms with Crippen molar-refractivity contribution in [3.63, 3.8) is 0 Å². The smallest absolute Gasteiger partial charge is 0.246 e. The lowest BCUT2D eigenvalue weighted by atomic mass is 9.95. The zero-order valence-corrected chi connectivity index (χ0v) is 17.9. The number of carbonyl (C=O) groups excluding carboxylic acids is 2. The lowest BCUT2D eigenvalue weighted by molar-refractivity contribution is -0.132. The van der Waals surface area contributed by atoms with E-state index in [1.807, 2.05) is 59.5 Å². The van der Waals surface area contributed by atoms with Crippen molar-refractivity contribution in [1.29, 1.82) is 0 Å². The molecule has 0 bridgehead atoms. The summed E-state index contributed by atoms with van der Waals surface area (Å²) >= 11 is 0. The molecule has 32 heavy (non-hydrogen) atoms. The van der Waals surface area contributed by atoms with Crippen LogP contribution in [-0.2, 0) is 22.7 Å². The maximum atomic E-state index is 12.6. The predicted octanol–water partition coefficient (Wildman–Crippen LogP) is 2.89. The highest BCUT2D eigenvalue weighted by Gasteiger charge is 2.26. The van der Waals surface area contributed by atoms with E-state index in [2.05, 4.69) is 21.5 Å². The maximum Gasteiger partial charge on any atom is 0.246 e. The number of aromatic nitrogens is 3. The number of carbonyl (C=O) groups is 2. The molecule has 1 aliphatic heterocycles. The lowest BCUT2D eigenvalue weighted by Crippen LogP contribution is -2.42. The molecule has 2 heterocycles. The van der Waals surface area contributed by atoms with Crippen LogP contribution in [0.25, 0.3) is 6.08 Å². The predicted molar refractivity (Wildman–Crippen MR) is 122 cm³/mol. The molecule has 2 amide bonds. The van der Waals surface area contributed by atoms with Crippen molar-refractivity contribution in [1.82, 2.24) is 25.0 Å². The first-order valence-electron chi connectivity index (χ1n) is 10.9. The lowest BCUT2D eigenvalue weighted by Gasteiger charge is -2.30. The number of hydrogen-bond donors (Lipinski definition) is 1. The molecule has 0 aliphatic carbocycles. The standard InChI is InChI=1S/C25H27N5O2/c31-24(10-9-20-5-2-1-3-6-20)29-13-11-23(12-14-29)25(32)27-16-21-7-4-8-22(15-21)17-30-19-26-18-28-30/h1-10,15,18-19,23H,11-14,16-17H2,(H,27,32)/b10-9+. The summed E-state index contributed by atoms with van der Waals surface area (Å²) in [5.41, 5.74) is 3.16. The quantitative estimate of drug-likeness (QED) is 0.586. The average molecular weight is 430 g/mol. The molecule has 164 valence electrons. The van der Waals surface area contributed by atoms with Gasteiger partial charge in [-0.25, -0.2) is 9.67 Å². The Labute approximate surface area is 187 Å². The fourth-order valence-electron chi connectivity index (χ4n) is 3.87. The molecule has 1 N–H and O–H groups in total. The van der Waals surface area contributed by atoms with Gasteiger partial charge in [0, 0.05) is 31.6 Å². The number of likely N-dealkylation sites (tertiary alicyclic amines) is 1. The fraction of sp³-hybridized carbons (Fsp3) is 0.280. The number of nitrogens with one attached hydrogen (secondary N) is 1. The van der Waals surface area contributed by atoms with Gasteiger partial charge in [-0.1, -0.05) is 54.6 Å². The first kappa shape index (κ1) is 21.5. The van der Waals surface area contributed by atoms with Crippen LogP contribution in [0, 0.1) is 5.92 Å². The van der Waals surface area contributed by atoms with Crippen molar-refractivity contribution in [2.24, 2.45) is 5.92 Å². The van der Waals surface area contributed by atoms with E-state index in [1.54, 1.807) is 17.1 Å². The summed E-state index contributed by atoms with van der Waals surface area (Å²) in [6.07, 6.45) is 8.01. The Bertz CT molecular complexity index is 1050. The SMILES string of the molecule is O=C(NCc1cccc(Cn2cncn2)c1)C1CCN(C(=O)/C=C/c2ccccc2)CC1. The molecular formula is C25H27N5O2. The average Bonchev–Trinajstić information content (AvgIpc) is 3.35. The second kappa shape index (κ2) is 10.5. The Morgan fingerprint density at radius 2 is 1.81 bits per heavy atom. The summed E-state index contributed by atoms with van der Waals surface area (Å²) in [7, 11) is 0. The topological polar surface area (TPSA) is 80.1 Å². The fourth-order valence-corrected chi connectivity index (χ4v) is 3.87. The molecule has 1 aliphatic rings. The first-order chi connectivity index (χ1) is 15.7. The Balaban J connectivity index is 1.22. The molecule has 7 heteroatoms. The van der Waals surface area contributed by atoms with Crippen LogP contribution in [0.3, 0.4) is 0 Å². The van der Waals surface area contributed by atoms with Crippen molar-refractivity contribution in [3.8, 4) is 0 Å². The van der Waals surface area contributed by atoms with E-state index in [0.717, 1.165) is 16.7 Å². The van der Waals surface area contributed by atoms with Crippen molar-refractivity contribution in [2.45, 2.75) is 25.9 Å². The summed E-state index contributed by atoms with van der Waals surface area (Å²) in [6, 6.07) is 17.9. The van der Waals surface area contributed by atoms with Gasteiger partial charge in [-0.15, -0.1) is 0 Å². The molecule has 0 unspecified atom stereocenters. The molecule has 0 spiro atoms. The Morgan fingerprint density at radius 1 is 1.03 bits per heavy atom. The van der Waals surface area contributed by atoms with Crippen molar-refractivity contribution in [2.75, 3.05) is 13.1 Å². The first-order valence-corrected chi connectivity index (χ1v) is 10.9. The molecule has 0 atom stereocenters. The molecule has 0 saturated carbocycles. The van der Waals surface area contributed by atoms with Crippen LogP contribution in [0.5, 0.6) is 0 Å². The molecule has 3 aromatic rings. The molecule has 1 saturated heterocycles. The van der Waals surface area contributed by atoms with E-state index in [1.165, 1.54) is 6.33 Å². The highest BCUT2D eigenvalue weighted by Crippen LogP contribution is 2.18. The van der Waals surface area contributed by atoms with Crippen molar-refractivity contribution in [3.05, 3.63) is 90.0 Å². The van der Waals surface area contributed by atoms with Crippen LogP contribution in [0.15, 0.2) is 73.3 Å². The maximum absolute atomic E-state index is 12.6. The summed E-state index contributed by atoms with van der Waals surface area (Å²) in [6.45, 7) is 2.34. The van der Waals surface area contributed by atoms with Gasteiger partial charge in [0.2, 0.25) is 11.8 Å². The molecule has 0 radical (unpaired) electrons. The minimum Gasteiger partial charge on any atom is -0.352 e. The highest BCUT2D eigenvalue weighted by atomic mass is 16.2. The van der Waals surface area contributed by atoms with Gasteiger partial charge in [-0.2, -0.15) is 5.10 Å². The van der Waals surface area contributed by atoms with E-state index in [0.29, 0.717) is 39.0 Å². The number of benzene rings is 2. The van der Waals surface area contributed by atoms with Crippen LogP contribution in [-0.4, -0.2) is 44.6 Å². The Morgan fingerprint density at radius 3 is 2.56 bits per heavy atom. The van der Waals surface area contributed by atoms with E-state index < -0.39 is 0 Å². The van der Waals surface area contributed by atoms with Gasteiger partial charge in [0.25, 0.3) is 0 Å². The molecule has 2 aromatic carbocycles. The summed E-state index contributed by atoms with van der Waals surface area (Å²) in [4.78, 5) is 30.9. The zero-order valence-electron chi connectivity index (χ0n) is 17.9. The van der Waals surface area contributed by atoms with Gasteiger partial charge in [0.05, 0.1) is 6.54 Å². The van der Waals surface area contributed by atoms with Gasteiger partial charge in [-0.3, -0.25) is 9.59 Å². The Hall–Kier alpha value is -3.74. The minimum absolute atomic E-state index is 0.00286. The number of amides is 2. The third-order valence-corrected chi connectivity index (χ3v) is 5.66. The highest BCUT2D eigenvalue weighted by molar-refractivity contribution is 5.92. The third kappa shape index (κ3) is 5.91. The van der Waals surface area contributed by atoms with Gasteiger partial charge >= 0.3 is 0 Å². The number of nitrogens with zero attached hydrogens (tertiary/aromatic N) is 4. The minimum atomic E-state index is -0.0597. The van der Waals surface area contributed by atoms with Gasteiger partial charge < -0.3 is 10.2 Å². The number of hydrogen-bond acceptors (Lipinski definition) is 4. The van der Waals surface area contributed by atoms with Crippen LogP contribution in [0.2, 0.25) is 0 Å². The van der Waals surface area contributed by atoms with Crippen LogP contribution in [0.1, 0.15) is 29.5 Å². The largest absolute Gasteiger partial charge is 0.352 e. The van der Waals surface area contributed by atoms with E-state index in [9.17, 15) is 9.59 Å². The summed E-state index contributed by atoms with van der Waals surface area (Å²) in [5.74, 6) is -0.00833. The van der Waals surface area contributed by atoms with E-state index >= 15 is 0 Å². The molecule has 1 aromatic heterocycles. The Kier molecular flexibility index (Phi) is 7.07. The molecule has 7 nitrogen and oxygen atoms in total. The molecule has 1 fully saturated rings. The molecular weight excluding hydrogens is 402 g/mol. The van der Waals surface area contributed by atoms with E-state index in [-0.39, 0.29) is 17.7 Å². The third-order valence-electron chi connectivity index (χ3n) is 5.66. The van der Waals surface area contributed by atoms with Crippen LogP contribution in [0.4, 0.5) is 0 Å².